The summed E-state index contributed by atoms with van der Waals surface area (Å²) < 4.78 is 11.5. The number of nitro benzene ring substituents is 1. The van der Waals surface area contributed by atoms with Gasteiger partial charge in [-0.25, -0.2) is 0 Å². The van der Waals surface area contributed by atoms with Crippen molar-refractivity contribution < 1.29 is 24.0 Å². The molecule has 2 aromatic carbocycles. The molecule has 0 aromatic heterocycles. The maximum atomic E-state index is 13.6. The van der Waals surface area contributed by atoms with Gasteiger partial charge in [-0.2, -0.15) is 0 Å². The molecular formula is C23H24BrN3O6. The molecule has 2 amide bonds. The summed E-state index contributed by atoms with van der Waals surface area (Å²) in [5, 5.41) is 13.6. The number of nitro groups is 1. The summed E-state index contributed by atoms with van der Waals surface area (Å²) in [5.74, 6) is -0.442. The zero-order valence-electron chi connectivity index (χ0n) is 18.4. The second-order valence-electron chi connectivity index (χ2n) is 7.61. The van der Waals surface area contributed by atoms with E-state index in [1.807, 2.05) is 13.8 Å². The number of hydrogen-bond donors (Lipinski definition) is 1. The number of ether oxygens (including phenoxy) is 2. The largest absolute Gasteiger partial charge is 0.496 e. The van der Waals surface area contributed by atoms with Crippen molar-refractivity contribution >= 4 is 37.9 Å². The van der Waals surface area contributed by atoms with Gasteiger partial charge in [0.2, 0.25) is 0 Å². The lowest BCUT2D eigenvalue weighted by Gasteiger charge is -2.36. The predicted molar refractivity (Wildman–Crippen MR) is 126 cm³/mol. The number of carbonyl (C=O) groups is 2. The van der Waals surface area contributed by atoms with Crippen LogP contribution in [0.3, 0.4) is 0 Å². The highest BCUT2D eigenvalue weighted by Crippen LogP contribution is 2.33. The Kier molecular flexibility index (Phi) is 7.83. The number of carbonyl (C=O) groups excluding carboxylic acids is 2. The lowest BCUT2D eigenvalue weighted by molar-refractivity contribution is -0.384. The van der Waals surface area contributed by atoms with E-state index in [0.29, 0.717) is 28.9 Å². The molecule has 1 aliphatic heterocycles. The highest BCUT2D eigenvalue weighted by atomic mass is 79.9. The van der Waals surface area contributed by atoms with Gasteiger partial charge >= 0.3 is 0 Å². The van der Waals surface area contributed by atoms with Gasteiger partial charge in [-0.3, -0.25) is 19.7 Å². The van der Waals surface area contributed by atoms with Gasteiger partial charge in [0.25, 0.3) is 17.5 Å². The van der Waals surface area contributed by atoms with Gasteiger partial charge in [-0.15, -0.1) is 0 Å². The Hall–Kier alpha value is -3.24. The number of hydrogen-bond acceptors (Lipinski definition) is 6. The summed E-state index contributed by atoms with van der Waals surface area (Å²) in [6, 6.07) is 12.2. The third kappa shape index (κ3) is 5.77. The first kappa shape index (κ1) is 24.4. The molecule has 0 saturated carbocycles. The Morgan fingerprint density at radius 1 is 1.12 bits per heavy atom. The zero-order valence-corrected chi connectivity index (χ0v) is 20.0. The summed E-state index contributed by atoms with van der Waals surface area (Å²) >= 11 is 3.49. The number of morpholine rings is 1. The van der Waals surface area contributed by atoms with E-state index in [4.69, 9.17) is 9.47 Å². The van der Waals surface area contributed by atoms with Gasteiger partial charge in [-0.05, 0) is 48.0 Å². The number of methoxy groups -OCH3 is 1. The zero-order chi connectivity index (χ0) is 24.1. The van der Waals surface area contributed by atoms with E-state index < -0.39 is 10.8 Å². The van der Waals surface area contributed by atoms with Crippen molar-refractivity contribution in [1.82, 2.24) is 10.2 Å². The van der Waals surface area contributed by atoms with Gasteiger partial charge in [0.15, 0.2) is 0 Å². The lowest BCUT2D eigenvalue weighted by atomic mass is 10.1. The van der Waals surface area contributed by atoms with Crippen LogP contribution in [0.2, 0.25) is 0 Å². The van der Waals surface area contributed by atoms with Crippen LogP contribution in [0, 0.1) is 10.1 Å². The van der Waals surface area contributed by atoms with Crippen molar-refractivity contribution in [3.8, 4) is 5.75 Å². The third-order valence-electron chi connectivity index (χ3n) is 5.06. The summed E-state index contributed by atoms with van der Waals surface area (Å²) in [6.07, 6.45) is -0.316. The van der Waals surface area contributed by atoms with Crippen molar-refractivity contribution in [1.29, 1.82) is 0 Å². The van der Waals surface area contributed by atoms with E-state index in [2.05, 4.69) is 21.2 Å². The Balaban J connectivity index is 2.00. The summed E-state index contributed by atoms with van der Waals surface area (Å²) in [6.45, 7) is 4.49. The molecule has 2 aromatic rings. The SMILES string of the molecule is COc1ccccc1C(Br)=C(NC(=O)c1ccc([N+](=O)[O-])cc1)C(=O)N1CC(C)OC(C)C1. The molecule has 2 unspecified atom stereocenters. The van der Waals surface area contributed by atoms with E-state index in [0.717, 1.165) is 0 Å². The number of halogens is 1. The molecule has 3 rings (SSSR count). The van der Waals surface area contributed by atoms with Crippen LogP contribution < -0.4 is 10.1 Å². The summed E-state index contributed by atoms with van der Waals surface area (Å²) in [4.78, 5) is 38.5. The van der Waals surface area contributed by atoms with Crippen molar-refractivity contribution in [2.75, 3.05) is 20.2 Å². The minimum absolute atomic E-state index is 0.0316. The molecule has 9 nitrogen and oxygen atoms in total. The average molecular weight is 518 g/mol. The standard InChI is InChI=1S/C23H24BrN3O6/c1-14-12-26(13-15(2)33-14)23(29)21(20(24)18-6-4-5-7-19(18)32-3)25-22(28)16-8-10-17(11-9-16)27(30)31/h4-11,14-15H,12-13H2,1-3H3,(H,25,28). The molecule has 33 heavy (non-hydrogen) atoms. The third-order valence-corrected chi connectivity index (χ3v) is 5.89. The van der Waals surface area contributed by atoms with Crippen LogP contribution >= 0.6 is 15.9 Å². The van der Waals surface area contributed by atoms with E-state index in [9.17, 15) is 19.7 Å². The smallest absolute Gasteiger partial charge is 0.271 e. The van der Waals surface area contributed by atoms with Crippen molar-refractivity contribution in [2.45, 2.75) is 26.1 Å². The topological polar surface area (TPSA) is 111 Å². The normalized spacial score (nSPS) is 18.8. The van der Waals surface area contributed by atoms with Gasteiger partial charge in [0.05, 0.1) is 28.7 Å². The number of nitrogens with zero attached hydrogens (tertiary/aromatic N) is 2. The van der Waals surface area contributed by atoms with Gasteiger partial charge in [0.1, 0.15) is 11.4 Å². The Bertz CT molecular complexity index is 1080. The number of para-hydroxylation sites is 1. The lowest BCUT2D eigenvalue weighted by Crippen LogP contribution is -2.50. The molecule has 0 radical (unpaired) electrons. The first-order chi connectivity index (χ1) is 15.7. The molecule has 10 heteroatoms. The highest BCUT2D eigenvalue weighted by Gasteiger charge is 2.31. The molecule has 2 atom stereocenters. The quantitative estimate of drug-likeness (QED) is 0.355. The fourth-order valence-electron chi connectivity index (χ4n) is 3.58. The van der Waals surface area contributed by atoms with E-state index in [-0.39, 0.29) is 35.1 Å². The molecule has 1 saturated heterocycles. The van der Waals surface area contributed by atoms with Gasteiger partial charge in [0, 0.05) is 36.3 Å². The number of rotatable bonds is 6. The van der Waals surface area contributed by atoms with Crippen LogP contribution in [0.1, 0.15) is 29.8 Å². The van der Waals surface area contributed by atoms with Crippen LogP contribution in [-0.4, -0.2) is 54.0 Å². The number of non-ortho nitro benzene ring substituents is 1. The summed E-state index contributed by atoms with van der Waals surface area (Å²) in [5.41, 5.74) is 0.658. The van der Waals surface area contributed by atoms with Crippen molar-refractivity contribution in [3.63, 3.8) is 0 Å². The Morgan fingerprint density at radius 3 is 2.30 bits per heavy atom. The molecule has 0 aliphatic carbocycles. The highest BCUT2D eigenvalue weighted by molar-refractivity contribution is 9.15. The molecule has 174 valence electrons. The molecule has 1 N–H and O–H groups in total. The van der Waals surface area contributed by atoms with E-state index in [1.165, 1.54) is 31.4 Å². The van der Waals surface area contributed by atoms with Gasteiger partial charge in [-0.1, -0.05) is 18.2 Å². The minimum Gasteiger partial charge on any atom is -0.496 e. The van der Waals surface area contributed by atoms with E-state index in [1.54, 1.807) is 29.2 Å². The fourth-order valence-corrected chi connectivity index (χ4v) is 4.18. The van der Waals surface area contributed by atoms with Crippen LogP contribution in [0.15, 0.2) is 54.2 Å². The second kappa shape index (κ2) is 10.6. The van der Waals surface area contributed by atoms with Gasteiger partial charge < -0.3 is 19.7 Å². The molecule has 1 heterocycles. The van der Waals surface area contributed by atoms with Crippen LogP contribution in [-0.2, 0) is 9.53 Å². The second-order valence-corrected chi connectivity index (χ2v) is 8.41. The average Bonchev–Trinajstić information content (AvgIpc) is 2.80. The number of benzene rings is 2. The first-order valence-corrected chi connectivity index (χ1v) is 11.0. The molecule has 1 aliphatic rings. The van der Waals surface area contributed by atoms with E-state index >= 15 is 0 Å². The predicted octanol–water partition coefficient (Wildman–Crippen LogP) is 3.73. The van der Waals surface area contributed by atoms with Crippen LogP contribution in [0.25, 0.3) is 4.48 Å². The number of amides is 2. The molecule has 0 bridgehead atoms. The van der Waals surface area contributed by atoms with Crippen molar-refractivity contribution in [3.05, 3.63) is 75.5 Å². The number of nitrogens with one attached hydrogen (secondary N) is 1. The van der Waals surface area contributed by atoms with Crippen LogP contribution in [0.5, 0.6) is 5.75 Å². The summed E-state index contributed by atoms with van der Waals surface area (Å²) in [7, 11) is 1.52. The Morgan fingerprint density at radius 2 is 1.73 bits per heavy atom. The van der Waals surface area contributed by atoms with Crippen molar-refractivity contribution in [2.24, 2.45) is 0 Å². The maximum Gasteiger partial charge on any atom is 0.271 e. The fraction of sp³-hybridized carbons (Fsp3) is 0.304. The first-order valence-electron chi connectivity index (χ1n) is 10.2. The Labute approximate surface area is 199 Å². The van der Waals surface area contributed by atoms with Crippen LogP contribution in [0.4, 0.5) is 5.69 Å². The minimum atomic E-state index is -0.575. The molecule has 0 spiro atoms. The monoisotopic (exact) mass is 517 g/mol. The maximum absolute atomic E-state index is 13.6. The molecular weight excluding hydrogens is 494 g/mol. The molecule has 1 fully saturated rings.